The lowest BCUT2D eigenvalue weighted by molar-refractivity contribution is -0.385. The van der Waals surface area contributed by atoms with E-state index in [1.165, 1.54) is 6.92 Å². The standard InChI is InChI=1S/C14H10FN3O6/c1-14(5-4-8(19)16-13(14)22)17-11(20)9-6(15)2-3-7(18(23)24)10(9)12(17)21/h2-3H,4-5H2,1H3,(H,16,19,22). The van der Waals surface area contributed by atoms with Crippen molar-refractivity contribution in [2.45, 2.75) is 25.3 Å². The van der Waals surface area contributed by atoms with Crippen molar-refractivity contribution in [1.29, 1.82) is 0 Å². The summed E-state index contributed by atoms with van der Waals surface area (Å²) in [6.45, 7) is 1.25. The monoisotopic (exact) mass is 335 g/mol. The Morgan fingerprint density at radius 1 is 1.21 bits per heavy atom. The average Bonchev–Trinajstić information content (AvgIpc) is 2.77. The highest BCUT2D eigenvalue weighted by Gasteiger charge is 2.55. The van der Waals surface area contributed by atoms with E-state index in [1.807, 2.05) is 5.32 Å². The predicted molar refractivity (Wildman–Crippen MR) is 74.3 cm³/mol. The summed E-state index contributed by atoms with van der Waals surface area (Å²) < 4.78 is 14.0. The largest absolute Gasteiger partial charge is 0.294 e. The molecule has 4 amide bonds. The molecular formula is C14H10FN3O6. The van der Waals surface area contributed by atoms with Gasteiger partial charge in [0, 0.05) is 12.5 Å². The van der Waals surface area contributed by atoms with Gasteiger partial charge in [0.1, 0.15) is 16.9 Å². The number of benzene rings is 1. The molecule has 1 fully saturated rings. The second-order valence-corrected chi connectivity index (χ2v) is 5.67. The van der Waals surface area contributed by atoms with Gasteiger partial charge in [0.05, 0.1) is 10.5 Å². The average molecular weight is 335 g/mol. The van der Waals surface area contributed by atoms with E-state index in [2.05, 4.69) is 0 Å². The van der Waals surface area contributed by atoms with Crippen LogP contribution in [0, 0.1) is 15.9 Å². The maximum Gasteiger partial charge on any atom is 0.283 e. The molecule has 1 saturated heterocycles. The van der Waals surface area contributed by atoms with Crippen molar-refractivity contribution in [3.05, 3.63) is 39.2 Å². The SMILES string of the molecule is CC1(N2C(=O)c3c(F)ccc([N+](=O)[O-])c3C2=O)CCC(=O)NC1=O. The van der Waals surface area contributed by atoms with E-state index >= 15 is 0 Å². The van der Waals surface area contributed by atoms with Gasteiger partial charge in [-0.15, -0.1) is 0 Å². The molecular weight excluding hydrogens is 325 g/mol. The van der Waals surface area contributed by atoms with E-state index in [1.54, 1.807) is 0 Å². The third kappa shape index (κ3) is 1.92. The van der Waals surface area contributed by atoms with E-state index in [4.69, 9.17) is 0 Å². The summed E-state index contributed by atoms with van der Waals surface area (Å²) in [5, 5.41) is 13.1. The van der Waals surface area contributed by atoms with E-state index in [0.717, 1.165) is 12.1 Å². The van der Waals surface area contributed by atoms with Crippen LogP contribution in [0.4, 0.5) is 10.1 Å². The molecule has 9 nitrogen and oxygen atoms in total. The summed E-state index contributed by atoms with van der Waals surface area (Å²) in [7, 11) is 0. The molecule has 1 aromatic carbocycles. The number of nitro groups is 1. The zero-order valence-electron chi connectivity index (χ0n) is 12.3. The number of carbonyl (C=O) groups is 4. The third-order valence-electron chi connectivity index (χ3n) is 4.24. The smallest absolute Gasteiger partial charge is 0.283 e. The second-order valence-electron chi connectivity index (χ2n) is 5.67. The first-order chi connectivity index (χ1) is 11.2. The van der Waals surface area contributed by atoms with E-state index in [-0.39, 0.29) is 12.8 Å². The minimum Gasteiger partial charge on any atom is -0.294 e. The molecule has 0 saturated carbocycles. The Balaban J connectivity index is 2.16. The second kappa shape index (κ2) is 4.91. The van der Waals surface area contributed by atoms with Gasteiger partial charge in [-0.05, 0) is 19.4 Å². The first kappa shape index (κ1) is 15.7. The van der Waals surface area contributed by atoms with Crippen molar-refractivity contribution in [1.82, 2.24) is 10.2 Å². The summed E-state index contributed by atoms with van der Waals surface area (Å²) in [5.41, 5.74) is -3.87. The Labute approximate surface area is 133 Å². The molecule has 1 N–H and O–H groups in total. The molecule has 0 radical (unpaired) electrons. The van der Waals surface area contributed by atoms with Gasteiger partial charge in [-0.1, -0.05) is 0 Å². The van der Waals surface area contributed by atoms with Crippen molar-refractivity contribution in [3.63, 3.8) is 0 Å². The number of carbonyl (C=O) groups excluding carboxylic acids is 4. The highest BCUT2D eigenvalue weighted by molar-refractivity contribution is 6.25. The molecule has 0 bridgehead atoms. The first-order valence-electron chi connectivity index (χ1n) is 6.88. The van der Waals surface area contributed by atoms with Gasteiger partial charge < -0.3 is 0 Å². The molecule has 24 heavy (non-hydrogen) atoms. The Morgan fingerprint density at radius 3 is 2.42 bits per heavy atom. The van der Waals surface area contributed by atoms with Crippen LogP contribution in [0.25, 0.3) is 0 Å². The molecule has 0 aromatic heterocycles. The van der Waals surface area contributed by atoms with Crippen LogP contribution in [-0.4, -0.2) is 39.0 Å². The molecule has 1 atom stereocenters. The number of nitrogens with zero attached hydrogens (tertiary/aromatic N) is 2. The summed E-state index contributed by atoms with van der Waals surface area (Å²) in [4.78, 5) is 59.2. The van der Waals surface area contributed by atoms with Crippen LogP contribution in [0.5, 0.6) is 0 Å². The number of piperidine rings is 1. The van der Waals surface area contributed by atoms with Crippen LogP contribution in [-0.2, 0) is 9.59 Å². The minimum absolute atomic E-state index is 0.125. The summed E-state index contributed by atoms with van der Waals surface area (Å²) in [6, 6.07) is 1.51. The zero-order chi connectivity index (χ0) is 17.8. The van der Waals surface area contributed by atoms with Gasteiger partial charge in [0.15, 0.2) is 0 Å². The fourth-order valence-corrected chi connectivity index (χ4v) is 2.92. The number of hydrogen-bond acceptors (Lipinski definition) is 6. The Bertz CT molecular complexity index is 851. The van der Waals surface area contributed by atoms with Crippen LogP contribution < -0.4 is 5.32 Å². The Hall–Kier alpha value is -3.17. The van der Waals surface area contributed by atoms with Gasteiger partial charge in [-0.3, -0.25) is 39.5 Å². The predicted octanol–water partition coefficient (Wildman–Crippen LogP) is 0.525. The van der Waals surface area contributed by atoms with E-state index < -0.39 is 56.7 Å². The van der Waals surface area contributed by atoms with Crippen LogP contribution in [0.15, 0.2) is 12.1 Å². The summed E-state index contributed by atoms with van der Waals surface area (Å²) >= 11 is 0. The van der Waals surface area contributed by atoms with Crippen molar-refractivity contribution in [2.24, 2.45) is 0 Å². The van der Waals surface area contributed by atoms with Crippen molar-refractivity contribution in [3.8, 4) is 0 Å². The number of hydrogen-bond donors (Lipinski definition) is 1. The van der Waals surface area contributed by atoms with Crippen LogP contribution in [0.2, 0.25) is 0 Å². The first-order valence-corrected chi connectivity index (χ1v) is 6.88. The Morgan fingerprint density at radius 2 is 1.83 bits per heavy atom. The molecule has 0 spiro atoms. The van der Waals surface area contributed by atoms with Crippen LogP contribution in [0.1, 0.15) is 40.5 Å². The highest BCUT2D eigenvalue weighted by Crippen LogP contribution is 2.38. The zero-order valence-corrected chi connectivity index (χ0v) is 12.3. The van der Waals surface area contributed by atoms with Gasteiger partial charge >= 0.3 is 0 Å². The number of imide groups is 2. The quantitative estimate of drug-likeness (QED) is 0.477. The van der Waals surface area contributed by atoms with Gasteiger partial charge in [-0.2, -0.15) is 0 Å². The molecule has 3 rings (SSSR count). The molecule has 2 aliphatic rings. The number of amides is 4. The van der Waals surface area contributed by atoms with Gasteiger partial charge in [0.25, 0.3) is 23.4 Å². The third-order valence-corrected chi connectivity index (χ3v) is 4.24. The molecule has 1 aromatic rings. The summed E-state index contributed by atoms with van der Waals surface area (Å²) in [6.07, 6.45) is -0.279. The highest BCUT2D eigenvalue weighted by atomic mass is 19.1. The lowest BCUT2D eigenvalue weighted by atomic mass is 9.89. The maximum absolute atomic E-state index is 14.0. The van der Waals surface area contributed by atoms with Crippen LogP contribution >= 0.6 is 0 Å². The molecule has 124 valence electrons. The molecule has 1 unspecified atom stereocenters. The number of rotatable bonds is 2. The maximum atomic E-state index is 14.0. The molecule has 0 aliphatic carbocycles. The summed E-state index contributed by atoms with van der Waals surface area (Å²) in [5.74, 6) is -4.81. The number of nitro benzene ring substituents is 1. The molecule has 2 aliphatic heterocycles. The lowest BCUT2D eigenvalue weighted by Gasteiger charge is -2.37. The fourth-order valence-electron chi connectivity index (χ4n) is 2.92. The Kier molecular flexibility index (Phi) is 3.22. The van der Waals surface area contributed by atoms with Crippen molar-refractivity contribution < 1.29 is 28.5 Å². The van der Waals surface area contributed by atoms with E-state index in [9.17, 15) is 33.7 Å². The van der Waals surface area contributed by atoms with Crippen molar-refractivity contribution >= 4 is 29.3 Å². The van der Waals surface area contributed by atoms with Crippen LogP contribution in [0.3, 0.4) is 0 Å². The van der Waals surface area contributed by atoms with E-state index in [0.29, 0.717) is 4.90 Å². The number of nitrogens with one attached hydrogen (secondary N) is 1. The molecule has 2 heterocycles. The van der Waals surface area contributed by atoms with Gasteiger partial charge in [-0.25, -0.2) is 4.39 Å². The minimum atomic E-state index is -1.73. The number of halogens is 1. The fraction of sp³-hybridized carbons (Fsp3) is 0.286. The molecule has 10 heteroatoms. The topological polar surface area (TPSA) is 127 Å². The normalized spacial score (nSPS) is 23.3. The van der Waals surface area contributed by atoms with Gasteiger partial charge in [0.2, 0.25) is 5.91 Å². The number of fused-ring (bicyclic) bond motifs is 1. The lowest BCUT2D eigenvalue weighted by Crippen LogP contribution is -2.62. The van der Waals surface area contributed by atoms with Crippen molar-refractivity contribution in [2.75, 3.05) is 0 Å².